The summed E-state index contributed by atoms with van der Waals surface area (Å²) in [4.78, 5) is 23.2. The van der Waals surface area contributed by atoms with Gasteiger partial charge in [-0.05, 0) is 48.4 Å². The van der Waals surface area contributed by atoms with Crippen molar-refractivity contribution in [1.29, 1.82) is 0 Å². The van der Waals surface area contributed by atoms with Gasteiger partial charge >= 0.3 is 5.97 Å². The molecule has 0 saturated carbocycles. The van der Waals surface area contributed by atoms with Gasteiger partial charge in [-0.15, -0.1) is 0 Å². The summed E-state index contributed by atoms with van der Waals surface area (Å²) in [5, 5.41) is 10.1. The second-order valence-corrected chi connectivity index (χ2v) is 7.62. The Labute approximate surface area is 198 Å². The quantitative estimate of drug-likeness (QED) is 0.363. The van der Waals surface area contributed by atoms with Gasteiger partial charge in [0.1, 0.15) is 23.6 Å². The number of methoxy groups -OCH3 is 2. The zero-order valence-corrected chi connectivity index (χ0v) is 19.0. The molecule has 1 unspecified atom stereocenters. The molecule has 34 heavy (non-hydrogen) atoms. The van der Waals surface area contributed by atoms with Crippen LogP contribution in [0.5, 0.6) is 11.5 Å². The van der Waals surface area contributed by atoms with E-state index in [1.54, 1.807) is 24.4 Å². The fourth-order valence-corrected chi connectivity index (χ4v) is 3.84. The van der Waals surface area contributed by atoms with Gasteiger partial charge in [0.05, 0.1) is 20.1 Å². The van der Waals surface area contributed by atoms with Crippen LogP contribution in [0.25, 0.3) is 0 Å². The number of ether oxygens (including phenoxy) is 2. The van der Waals surface area contributed by atoms with Gasteiger partial charge in [0.15, 0.2) is 0 Å². The van der Waals surface area contributed by atoms with Crippen molar-refractivity contribution in [3.8, 4) is 11.5 Å². The lowest BCUT2D eigenvalue weighted by atomic mass is 9.92. The van der Waals surface area contributed by atoms with Crippen LogP contribution in [0.3, 0.4) is 0 Å². The summed E-state index contributed by atoms with van der Waals surface area (Å²) in [5.41, 5.74) is 3.08. The normalized spacial score (nSPS) is 11.5. The molecule has 1 aromatic heterocycles. The molecule has 7 heteroatoms. The molecular weight excluding hydrogens is 430 g/mol. The Kier molecular flexibility index (Phi) is 7.03. The molecule has 1 heterocycles. The minimum Gasteiger partial charge on any atom is -0.497 e. The first kappa shape index (κ1) is 22.8. The van der Waals surface area contributed by atoms with Crippen LogP contribution in [0.15, 0.2) is 91.4 Å². The number of hydrogen-bond donors (Lipinski definition) is 1. The van der Waals surface area contributed by atoms with E-state index in [9.17, 15) is 9.90 Å². The number of carboxylic acid groups (broad SMARTS) is 1. The predicted octanol–water partition coefficient (Wildman–Crippen LogP) is 5.37. The number of aromatic nitrogens is 2. The highest BCUT2D eigenvalue weighted by atomic mass is 16.5. The summed E-state index contributed by atoms with van der Waals surface area (Å²) < 4.78 is 10.7. The second-order valence-electron chi connectivity index (χ2n) is 7.62. The van der Waals surface area contributed by atoms with Crippen molar-refractivity contribution in [3.63, 3.8) is 0 Å². The highest BCUT2D eigenvalue weighted by Crippen LogP contribution is 2.37. The second kappa shape index (κ2) is 10.5. The molecule has 0 aliphatic rings. The smallest absolute Gasteiger partial charge is 0.311 e. The average molecular weight is 456 g/mol. The van der Waals surface area contributed by atoms with Gasteiger partial charge in [-0.3, -0.25) is 9.69 Å². The molecule has 0 amide bonds. The van der Waals surface area contributed by atoms with Gasteiger partial charge in [0, 0.05) is 29.2 Å². The third-order valence-electron chi connectivity index (χ3n) is 5.50. The molecule has 172 valence electrons. The third-order valence-corrected chi connectivity index (χ3v) is 5.50. The molecule has 0 fully saturated rings. The van der Waals surface area contributed by atoms with Crippen LogP contribution in [-0.4, -0.2) is 35.3 Å². The molecule has 0 bridgehead atoms. The molecule has 0 aliphatic heterocycles. The fraction of sp³-hybridized carbons (Fsp3) is 0.148. The largest absolute Gasteiger partial charge is 0.497 e. The van der Waals surface area contributed by atoms with Crippen LogP contribution in [-0.2, 0) is 11.2 Å². The van der Waals surface area contributed by atoms with Gasteiger partial charge in [0.2, 0.25) is 0 Å². The van der Waals surface area contributed by atoms with Crippen LogP contribution >= 0.6 is 0 Å². The van der Waals surface area contributed by atoms with E-state index in [2.05, 4.69) is 9.97 Å². The first-order valence-corrected chi connectivity index (χ1v) is 10.8. The first-order chi connectivity index (χ1) is 16.6. The topological polar surface area (TPSA) is 84.8 Å². The molecule has 0 spiro atoms. The number of carbonyl (C=O) groups is 1. The van der Waals surface area contributed by atoms with Crippen molar-refractivity contribution in [1.82, 2.24) is 9.97 Å². The van der Waals surface area contributed by atoms with Crippen LogP contribution in [0.2, 0.25) is 0 Å². The number of nitrogens with zero attached hydrogens (tertiary/aromatic N) is 3. The number of benzene rings is 3. The fourth-order valence-electron chi connectivity index (χ4n) is 3.84. The highest BCUT2D eigenvalue weighted by Gasteiger charge is 2.26. The van der Waals surface area contributed by atoms with Gasteiger partial charge < -0.3 is 14.6 Å². The lowest BCUT2D eigenvalue weighted by Crippen LogP contribution is -2.19. The maximum Gasteiger partial charge on any atom is 0.311 e. The number of hydrogen-bond acceptors (Lipinski definition) is 6. The van der Waals surface area contributed by atoms with Gasteiger partial charge in [-0.1, -0.05) is 36.4 Å². The lowest BCUT2D eigenvalue weighted by Gasteiger charge is -2.26. The van der Waals surface area contributed by atoms with E-state index >= 15 is 0 Å². The summed E-state index contributed by atoms with van der Waals surface area (Å²) in [6.07, 6.45) is 3.33. The van der Waals surface area contributed by atoms with Crippen LogP contribution in [0.1, 0.15) is 17.0 Å². The molecule has 0 aliphatic carbocycles. The molecular formula is C27H25N3O4. The van der Waals surface area contributed by atoms with Crippen molar-refractivity contribution in [2.45, 2.75) is 12.3 Å². The molecule has 4 rings (SSSR count). The monoisotopic (exact) mass is 455 g/mol. The maximum absolute atomic E-state index is 12.4. The molecule has 1 N–H and O–H groups in total. The molecule has 0 radical (unpaired) electrons. The summed E-state index contributed by atoms with van der Waals surface area (Å²) in [6.45, 7) is 0. The third kappa shape index (κ3) is 4.99. The standard InChI is InChI=1S/C27H25N3O4/c1-33-23-13-19(14-24(16-23)34-2)25(27(31)32)15-20-17-28-18-29-26(20)30(21-9-5-3-6-10-21)22-11-7-4-8-12-22/h3-14,16-18,25H,15H2,1-2H3,(H,31,32). The van der Waals surface area contributed by atoms with E-state index in [-0.39, 0.29) is 6.42 Å². The number of rotatable bonds is 9. The molecule has 4 aromatic rings. The van der Waals surface area contributed by atoms with Crippen molar-refractivity contribution < 1.29 is 19.4 Å². The SMILES string of the molecule is COc1cc(OC)cc(C(Cc2cncnc2N(c2ccccc2)c2ccccc2)C(=O)O)c1. The Morgan fingerprint density at radius 2 is 1.47 bits per heavy atom. The Bertz CT molecular complexity index is 1190. The Balaban J connectivity index is 1.80. The molecule has 7 nitrogen and oxygen atoms in total. The average Bonchev–Trinajstić information content (AvgIpc) is 2.89. The van der Waals surface area contributed by atoms with E-state index in [4.69, 9.17) is 9.47 Å². The zero-order chi connectivity index (χ0) is 23.9. The van der Waals surface area contributed by atoms with Crippen molar-refractivity contribution >= 4 is 23.2 Å². The van der Waals surface area contributed by atoms with Gasteiger partial charge in [-0.25, -0.2) is 9.97 Å². The van der Waals surface area contributed by atoms with E-state index in [0.29, 0.717) is 28.4 Å². The Morgan fingerprint density at radius 1 is 0.912 bits per heavy atom. The predicted molar refractivity (Wildman–Crippen MR) is 130 cm³/mol. The Hall–Kier alpha value is -4.39. The van der Waals surface area contributed by atoms with Crippen molar-refractivity contribution in [3.05, 3.63) is 103 Å². The number of aliphatic carboxylic acids is 1. The Morgan fingerprint density at radius 3 is 1.97 bits per heavy atom. The van der Waals surface area contributed by atoms with E-state index < -0.39 is 11.9 Å². The van der Waals surface area contributed by atoms with E-state index in [1.807, 2.05) is 65.6 Å². The van der Waals surface area contributed by atoms with E-state index in [0.717, 1.165) is 11.4 Å². The molecule has 3 aromatic carbocycles. The van der Waals surface area contributed by atoms with Crippen LogP contribution in [0, 0.1) is 0 Å². The highest BCUT2D eigenvalue weighted by molar-refractivity contribution is 5.79. The van der Waals surface area contributed by atoms with E-state index in [1.165, 1.54) is 20.5 Å². The van der Waals surface area contributed by atoms with Crippen molar-refractivity contribution in [2.24, 2.45) is 0 Å². The summed E-state index contributed by atoms with van der Waals surface area (Å²) in [6, 6.07) is 24.8. The lowest BCUT2D eigenvalue weighted by molar-refractivity contribution is -0.138. The van der Waals surface area contributed by atoms with Crippen molar-refractivity contribution in [2.75, 3.05) is 19.1 Å². The number of para-hydroxylation sites is 2. The summed E-state index contributed by atoms with van der Waals surface area (Å²) >= 11 is 0. The minimum absolute atomic E-state index is 0.179. The molecule has 0 saturated heterocycles. The minimum atomic E-state index is -0.962. The van der Waals surface area contributed by atoms with Gasteiger partial charge in [-0.2, -0.15) is 0 Å². The maximum atomic E-state index is 12.4. The summed E-state index contributed by atoms with van der Waals surface area (Å²) in [5.74, 6) is -0.146. The zero-order valence-electron chi connectivity index (χ0n) is 19.0. The van der Waals surface area contributed by atoms with Gasteiger partial charge in [0.25, 0.3) is 0 Å². The van der Waals surface area contributed by atoms with Crippen LogP contribution in [0.4, 0.5) is 17.2 Å². The number of carboxylic acids is 1. The molecule has 1 atom stereocenters. The van der Waals surface area contributed by atoms with Crippen LogP contribution < -0.4 is 14.4 Å². The number of anilines is 3. The summed E-state index contributed by atoms with van der Waals surface area (Å²) in [7, 11) is 3.07. The first-order valence-electron chi connectivity index (χ1n) is 10.8.